The fourth-order valence-corrected chi connectivity index (χ4v) is 3.85. The zero-order valence-electron chi connectivity index (χ0n) is 17.3. The molecular formula is C23H24F2N2O3. The minimum atomic E-state index is -1.00. The van der Waals surface area contributed by atoms with Crippen LogP contribution in [0.4, 0.5) is 14.5 Å². The van der Waals surface area contributed by atoms with Gasteiger partial charge in [0.2, 0.25) is 0 Å². The highest BCUT2D eigenvalue weighted by atomic mass is 19.2. The number of amides is 1. The van der Waals surface area contributed by atoms with Crippen LogP contribution in [0.15, 0.2) is 37.0 Å². The first kappa shape index (κ1) is 21.8. The molecule has 0 radical (unpaired) electrons. The molecule has 5 nitrogen and oxygen atoms in total. The Morgan fingerprint density at radius 3 is 2.60 bits per heavy atom. The summed E-state index contributed by atoms with van der Waals surface area (Å²) in [6.07, 6.45) is 1.73. The third-order valence-electron chi connectivity index (χ3n) is 5.77. The number of carbonyl (C=O) groups excluding carboxylic acids is 2. The van der Waals surface area contributed by atoms with Gasteiger partial charge in [0, 0.05) is 30.3 Å². The van der Waals surface area contributed by atoms with E-state index < -0.39 is 35.2 Å². The van der Waals surface area contributed by atoms with Crippen LogP contribution in [-0.4, -0.2) is 28.4 Å². The van der Waals surface area contributed by atoms with Gasteiger partial charge in [-0.15, -0.1) is 0 Å². The second-order valence-corrected chi connectivity index (χ2v) is 8.00. The van der Waals surface area contributed by atoms with Gasteiger partial charge >= 0.3 is 0 Å². The molecule has 3 rings (SSSR count). The number of rotatable bonds is 5. The van der Waals surface area contributed by atoms with Gasteiger partial charge in [0.1, 0.15) is 11.8 Å². The van der Waals surface area contributed by atoms with E-state index in [9.17, 15) is 18.4 Å². The van der Waals surface area contributed by atoms with E-state index in [2.05, 4.69) is 16.9 Å². The van der Waals surface area contributed by atoms with Crippen LogP contribution in [0.1, 0.15) is 55.2 Å². The number of hydrogen-bond donors (Lipinski definition) is 1. The van der Waals surface area contributed by atoms with Crippen molar-refractivity contribution in [3.8, 4) is 0 Å². The van der Waals surface area contributed by atoms with Gasteiger partial charge in [-0.3, -0.25) is 14.6 Å². The molecule has 1 aromatic heterocycles. The molecule has 1 N–H and O–H groups in total. The molecule has 30 heavy (non-hydrogen) atoms. The van der Waals surface area contributed by atoms with Crippen molar-refractivity contribution in [3.63, 3.8) is 0 Å². The lowest BCUT2D eigenvalue weighted by atomic mass is 9.76. The third kappa shape index (κ3) is 3.89. The molecule has 1 aromatic carbocycles. The van der Waals surface area contributed by atoms with E-state index in [1.807, 2.05) is 20.8 Å². The largest absolute Gasteiger partial charge is 0.362 e. The van der Waals surface area contributed by atoms with Gasteiger partial charge in [-0.2, -0.15) is 0 Å². The van der Waals surface area contributed by atoms with Crippen LogP contribution < -0.4 is 5.32 Å². The van der Waals surface area contributed by atoms with Crippen LogP contribution in [0.25, 0.3) is 6.08 Å². The van der Waals surface area contributed by atoms with Crippen molar-refractivity contribution in [3.05, 3.63) is 65.5 Å². The van der Waals surface area contributed by atoms with Gasteiger partial charge in [0.25, 0.3) is 5.91 Å². The van der Waals surface area contributed by atoms with Crippen molar-refractivity contribution in [2.24, 2.45) is 5.92 Å². The van der Waals surface area contributed by atoms with Gasteiger partial charge < -0.3 is 10.1 Å². The second kappa shape index (κ2) is 8.07. The number of pyridine rings is 1. The highest BCUT2D eigenvalue weighted by molar-refractivity contribution is 5.97. The summed E-state index contributed by atoms with van der Waals surface area (Å²) in [5.74, 6) is -3.36. The number of ketones is 1. The Labute approximate surface area is 174 Å². The topological polar surface area (TPSA) is 68.3 Å². The summed E-state index contributed by atoms with van der Waals surface area (Å²) in [6, 6.07) is 5.57. The molecule has 1 amide bonds. The lowest BCUT2D eigenvalue weighted by Gasteiger charge is -2.25. The monoisotopic (exact) mass is 414 g/mol. The number of benzene rings is 1. The lowest BCUT2D eigenvalue weighted by molar-refractivity contribution is -0.131. The summed E-state index contributed by atoms with van der Waals surface area (Å²) in [7, 11) is 0. The zero-order chi connectivity index (χ0) is 22.2. The number of nitrogens with zero attached hydrogens (tertiary/aromatic N) is 1. The van der Waals surface area contributed by atoms with Crippen molar-refractivity contribution in [2.45, 2.75) is 45.3 Å². The highest BCUT2D eigenvalue weighted by Gasteiger charge is 2.51. The molecule has 3 atom stereocenters. The second-order valence-electron chi connectivity index (χ2n) is 8.00. The molecule has 7 heteroatoms. The number of aromatic nitrogens is 1. The molecule has 1 saturated heterocycles. The molecule has 0 saturated carbocycles. The van der Waals surface area contributed by atoms with Crippen molar-refractivity contribution >= 4 is 23.5 Å². The smallest absolute Gasteiger partial charge is 0.254 e. The fourth-order valence-electron chi connectivity index (χ4n) is 3.85. The highest BCUT2D eigenvalue weighted by Crippen LogP contribution is 2.47. The Morgan fingerprint density at radius 1 is 1.27 bits per heavy atom. The number of anilines is 1. The zero-order valence-corrected chi connectivity index (χ0v) is 17.3. The summed E-state index contributed by atoms with van der Waals surface area (Å²) in [5, 5.41) is 2.75. The third-order valence-corrected chi connectivity index (χ3v) is 5.77. The first-order valence-electron chi connectivity index (χ1n) is 9.62. The van der Waals surface area contributed by atoms with E-state index in [-0.39, 0.29) is 23.0 Å². The van der Waals surface area contributed by atoms with Crippen molar-refractivity contribution in [2.75, 3.05) is 5.32 Å². The first-order chi connectivity index (χ1) is 14.1. The fraction of sp³-hybridized carbons (Fsp3) is 0.348. The van der Waals surface area contributed by atoms with Crippen LogP contribution >= 0.6 is 0 Å². The number of hydrogen-bond acceptors (Lipinski definition) is 4. The van der Waals surface area contributed by atoms with E-state index in [4.69, 9.17) is 4.74 Å². The first-order valence-corrected chi connectivity index (χ1v) is 9.62. The van der Waals surface area contributed by atoms with Gasteiger partial charge in [0.05, 0.1) is 5.60 Å². The molecule has 2 heterocycles. The molecular weight excluding hydrogens is 390 g/mol. The quantitative estimate of drug-likeness (QED) is 0.718. The Kier molecular flexibility index (Phi) is 5.85. The van der Waals surface area contributed by atoms with E-state index in [0.29, 0.717) is 11.3 Å². The van der Waals surface area contributed by atoms with Crippen LogP contribution in [0.3, 0.4) is 0 Å². The number of nitrogens with one attached hydrogen (secondary N) is 1. The van der Waals surface area contributed by atoms with Gasteiger partial charge in [-0.1, -0.05) is 25.6 Å². The SMILES string of the molecule is C=Cc1c([C@H]2[C@H](C(=O)Nc3ccnc(C(C)=O)c3)OC(C)(C)[C@H]2C)ccc(F)c1F. The number of Topliss-reactive ketones (excluding diaryl/α,β-unsaturated/α-hetero) is 1. The lowest BCUT2D eigenvalue weighted by Crippen LogP contribution is -2.33. The van der Waals surface area contributed by atoms with Crippen LogP contribution in [0.2, 0.25) is 0 Å². The maximum atomic E-state index is 14.4. The maximum Gasteiger partial charge on any atom is 0.254 e. The van der Waals surface area contributed by atoms with Crippen molar-refractivity contribution < 1.29 is 23.1 Å². The molecule has 1 aliphatic rings. The summed E-state index contributed by atoms with van der Waals surface area (Å²) < 4.78 is 34.2. The van der Waals surface area contributed by atoms with Crippen molar-refractivity contribution in [1.82, 2.24) is 4.98 Å². The standard InChI is InChI=1S/C23H24F2N2O3/c1-6-15-16(7-8-17(24)20(15)25)19-12(2)23(4,5)30-21(19)22(29)27-14-9-10-26-18(11-14)13(3)28/h6-12,19,21H,1H2,2-5H3,(H,26,27,29)/t12-,19-,21+/m0/s1. The van der Waals surface area contributed by atoms with E-state index in [1.165, 1.54) is 31.3 Å². The van der Waals surface area contributed by atoms with Crippen LogP contribution in [0, 0.1) is 17.6 Å². The normalized spacial score (nSPS) is 22.5. The Bertz CT molecular complexity index is 1020. The summed E-state index contributed by atoms with van der Waals surface area (Å²) in [5.41, 5.74) is 0.419. The average Bonchev–Trinajstić information content (AvgIpc) is 2.93. The molecule has 0 aliphatic carbocycles. The van der Waals surface area contributed by atoms with Crippen LogP contribution in [-0.2, 0) is 9.53 Å². The molecule has 0 bridgehead atoms. The Hall–Kier alpha value is -2.93. The Balaban J connectivity index is 1.99. The number of halogens is 2. The summed E-state index contributed by atoms with van der Waals surface area (Å²) in [4.78, 5) is 28.7. The van der Waals surface area contributed by atoms with E-state index >= 15 is 0 Å². The van der Waals surface area contributed by atoms with Crippen LogP contribution in [0.5, 0.6) is 0 Å². The Morgan fingerprint density at radius 2 is 1.97 bits per heavy atom. The van der Waals surface area contributed by atoms with E-state index in [1.54, 1.807) is 6.07 Å². The molecule has 0 unspecified atom stereocenters. The number of carbonyl (C=O) groups is 2. The summed E-state index contributed by atoms with van der Waals surface area (Å²) >= 11 is 0. The maximum absolute atomic E-state index is 14.4. The minimum absolute atomic E-state index is 0.0220. The van der Waals surface area contributed by atoms with Gasteiger partial charge in [0.15, 0.2) is 17.4 Å². The predicted molar refractivity (Wildman–Crippen MR) is 110 cm³/mol. The predicted octanol–water partition coefficient (Wildman–Crippen LogP) is 4.74. The molecule has 158 valence electrons. The van der Waals surface area contributed by atoms with Gasteiger partial charge in [-0.05, 0) is 43.5 Å². The number of ether oxygens (including phenoxy) is 1. The van der Waals surface area contributed by atoms with Gasteiger partial charge in [-0.25, -0.2) is 8.78 Å². The molecule has 2 aromatic rings. The summed E-state index contributed by atoms with van der Waals surface area (Å²) in [6.45, 7) is 10.6. The average molecular weight is 414 g/mol. The molecule has 0 spiro atoms. The minimum Gasteiger partial charge on any atom is -0.362 e. The molecule has 1 fully saturated rings. The van der Waals surface area contributed by atoms with E-state index in [0.717, 1.165) is 6.07 Å². The van der Waals surface area contributed by atoms with Crippen molar-refractivity contribution in [1.29, 1.82) is 0 Å². The molecule has 1 aliphatic heterocycles.